The van der Waals surface area contributed by atoms with Gasteiger partial charge in [-0.05, 0) is 70.9 Å². The van der Waals surface area contributed by atoms with E-state index >= 15 is 0 Å². The predicted octanol–water partition coefficient (Wildman–Crippen LogP) is 6.73. The van der Waals surface area contributed by atoms with Gasteiger partial charge in [0.15, 0.2) is 11.5 Å². The van der Waals surface area contributed by atoms with Crippen LogP contribution >= 0.6 is 35.0 Å². The number of hydrogen-bond acceptors (Lipinski definition) is 7. The minimum atomic E-state index is -0.464. The molecule has 1 aliphatic heterocycles. The molecule has 2 amide bonds. The molecule has 4 rings (SSSR count). The Morgan fingerprint density at radius 1 is 1.03 bits per heavy atom. The standard InChI is InChI=1S/C25H18Cl2N2O6S/c1-34-22-10-16(4-9-21(22)35-14-15-2-7-19(8-3-15)29(32)33)11-23-24(30)28(25(31)36-23)13-17-5-6-18(26)12-20(17)27/h2-12H,13-14H2,1H3/b23-11-. The lowest BCUT2D eigenvalue weighted by atomic mass is 10.1. The molecule has 0 N–H and O–H groups in total. The maximum Gasteiger partial charge on any atom is 0.293 e. The van der Waals surface area contributed by atoms with E-state index in [1.54, 1.807) is 54.6 Å². The maximum atomic E-state index is 12.9. The SMILES string of the molecule is COc1cc(/C=C2\SC(=O)N(Cc3ccc(Cl)cc3Cl)C2=O)ccc1OCc1ccc([N+](=O)[O-])cc1. The van der Waals surface area contributed by atoms with Crippen molar-refractivity contribution in [2.24, 2.45) is 0 Å². The molecule has 3 aromatic rings. The Balaban J connectivity index is 1.47. The number of ether oxygens (including phenoxy) is 2. The number of methoxy groups -OCH3 is 1. The zero-order chi connectivity index (χ0) is 25.8. The van der Waals surface area contributed by atoms with Crippen molar-refractivity contribution in [2.75, 3.05) is 7.11 Å². The number of thioether (sulfide) groups is 1. The Kier molecular flexibility index (Phi) is 7.83. The number of nitro benzene ring substituents is 1. The third-order valence-corrected chi connectivity index (χ3v) is 6.74. The highest BCUT2D eigenvalue weighted by Gasteiger charge is 2.35. The molecule has 1 saturated heterocycles. The molecule has 1 aliphatic rings. The molecule has 0 spiro atoms. The first-order valence-corrected chi connectivity index (χ1v) is 12.1. The molecule has 11 heteroatoms. The van der Waals surface area contributed by atoms with Crippen LogP contribution in [0.1, 0.15) is 16.7 Å². The zero-order valence-corrected chi connectivity index (χ0v) is 21.1. The van der Waals surface area contributed by atoms with Crippen LogP contribution < -0.4 is 9.47 Å². The van der Waals surface area contributed by atoms with E-state index < -0.39 is 16.1 Å². The topological polar surface area (TPSA) is 99.0 Å². The second kappa shape index (κ2) is 11.0. The van der Waals surface area contributed by atoms with Gasteiger partial charge in [-0.2, -0.15) is 0 Å². The van der Waals surface area contributed by atoms with E-state index in [4.69, 9.17) is 32.7 Å². The van der Waals surface area contributed by atoms with Crippen LogP contribution in [-0.2, 0) is 17.9 Å². The average Bonchev–Trinajstić information content (AvgIpc) is 3.12. The predicted molar refractivity (Wildman–Crippen MR) is 138 cm³/mol. The molecule has 0 bridgehead atoms. The lowest BCUT2D eigenvalue weighted by Gasteiger charge is -2.13. The third kappa shape index (κ3) is 5.81. The first-order chi connectivity index (χ1) is 17.2. The van der Waals surface area contributed by atoms with Gasteiger partial charge in [0.05, 0.1) is 23.5 Å². The van der Waals surface area contributed by atoms with Crippen LogP contribution in [0.25, 0.3) is 6.08 Å². The number of nitrogens with zero attached hydrogens (tertiary/aromatic N) is 2. The number of hydrogen-bond donors (Lipinski definition) is 0. The molecule has 36 heavy (non-hydrogen) atoms. The minimum Gasteiger partial charge on any atom is -0.493 e. The van der Waals surface area contributed by atoms with Gasteiger partial charge in [0.25, 0.3) is 16.8 Å². The van der Waals surface area contributed by atoms with Gasteiger partial charge in [-0.3, -0.25) is 24.6 Å². The monoisotopic (exact) mass is 544 g/mol. The summed E-state index contributed by atoms with van der Waals surface area (Å²) in [5.41, 5.74) is 2.01. The molecule has 8 nitrogen and oxygen atoms in total. The Morgan fingerprint density at radius 3 is 2.44 bits per heavy atom. The maximum absolute atomic E-state index is 12.9. The fourth-order valence-corrected chi connectivity index (χ4v) is 4.68. The third-order valence-electron chi connectivity index (χ3n) is 5.24. The lowest BCUT2D eigenvalue weighted by Crippen LogP contribution is -2.27. The van der Waals surface area contributed by atoms with Crippen LogP contribution in [0.15, 0.2) is 65.6 Å². The lowest BCUT2D eigenvalue weighted by molar-refractivity contribution is -0.384. The summed E-state index contributed by atoms with van der Waals surface area (Å²) >= 11 is 13.0. The highest BCUT2D eigenvalue weighted by atomic mass is 35.5. The molecule has 0 aromatic heterocycles. The van der Waals surface area contributed by atoms with Crippen LogP contribution in [0, 0.1) is 10.1 Å². The summed E-state index contributed by atoms with van der Waals surface area (Å²) in [6, 6.07) is 16.1. The molecule has 0 unspecified atom stereocenters. The van der Waals surface area contributed by atoms with Gasteiger partial charge in [0, 0.05) is 22.2 Å². The minimum absolute atomic E-state index is 0.00126. The second-order valence-electron chi connectivity index (χ2n) is 7.63. The van der Waals surface area contributed by atoms with Gasteiger partial charge >= 0.3 is 0 Å². The van der Waals surface area contributed by atoms with Crippen molar-refractivity contribution < 1.29 is 24.0 Å². The molecule has 0 saturated carbocycles. The van der Waals surface area contributed by atoms with E-state index in [1.165, 1.54) is 19.2 Å². The highest BCUT2D eigenvalue weighted by Crippen LogP contribution is 2.36. The quantitative estimate of drug-likeness (QED) is 0.176. The average molecular weight is 545 g/mol. The Labute approximate surface area is 220 Å². The molecular formula is C25H18Cl2N2O6S. The van der Waals surface area contributed by atoms with E-state index in [2.05, 4.69) is 0 Å². The van der Waals surface area contributed by atoms with Crippen LogP contribution in [0.2, 0.25) is 10.0 Å². The zero-order valence-electron chi connectivity index (χ0n) is 18.8. The Bertz CT molecular complexity index is 1380. The van der Waals surface area contributed by atoms with Crippen molar-refractivity contribution in [3.63, 3.8) is 0 Å². The number of imide groups is 1. The number of rotatable bonds is 8. The summed E-state index contributed by atoms with van der Waals surface area (Å²) in [5, 5.41) is 11.2. The first-order valence-electron chi connectivity index (χ1n) is 10.5. The molecule has 0 atom stereocenters. The number of benzene rings is 3. The van der Waals surface area contributed by atoms with E-state index in [1.807, 2.05) is 0 Å². The highest BCUT2D eigenvalue weighted by molar-refractivity contribution is 8.18. The van der Waals surface area contributed by atoms with E-state index in [0.717, 1.165) is 22.2 Å². The molecule has 1 fully saturated rings. The summed E-state index contributed by atoms with van der Waals surface area (Å²) < 4.78 is 11.2. The first kappa shape index (κ1) is 25.6. The molecule has 184 valence electrons. The molecule has 3 aromatic carbocycles. The van der Waals surface area contributed by atoms with Gasteiger partial charge in [-0.1, -0.05) is 35.3 Å². The largest absolute Gasteiger partial charge is 0.493 e. The molecule has 0 aliphatic carbocycles. The fraction of sp³-hybridized carbons (Fsp3) is 0.120. The van der Waals surface area contributed by atoms with Crippen molar-refractivity contribution in [1.82, 2.24) is 4.90 Å². The van der Waals surface area contributed by atoms with Gasteiger partial charge in [-0.15, -0.1) is 0 Å². The Morgan fingerprint density at radius 2 is 1.78 bits per heavy atom. The fourth-order valence-electron chi connectivity index (χ4n) is 3.38. The number of nitro groups is 1. The van der Waals surface area contributed by atoms with E-state index in [0.29, 0.717) is 32.7 Å². The summed E-state index contributed by atoms with van der Waals surface area (Å²) in [4.78, 5) is 37.1. The number of non-ortho nitro benzene ring substituents is 1. The summed E-state index contributed by atoms with van der Waals surface area (Å²) in [5.74, 6) is 0.463. The van der Waals surface area contributed by atoms with Crippen LogP contribution in [0.3, 0.4) is 0 Å². The van der Waals surface area contributed by atoms with E-state index in [9.17, 15) is 19.7 Å². The normalized spacial score (nSPS) is 14.4. The van der Waals surface area contributed by atoms with Crippen molar-refractivity contribution in [2.45, 2.75) is 13.2 Å². The summed E-state index contributed by atoms with van der Waals surface area (Å²) in [6.07, 6.45) is 1.61. The van der Waals surface area contributed by atoms with Gasteiger partial charge in [0.2, 0.25) is 0 Å². The van der Waals surface area contributed by atoms with E-state index in [-0.39, 0.29) is 23.7 Å². The second-order valence-corrected chi connectivity index (χ2v) is 9.46. The number of carbonyl (C=O) groups is 2. The van der Waals surface area contributed by atoms with Crippen molar-refractivity contribution in [3.05, 3.63) is 102 Å². The van der Waals surface area contributed by atoms with Gasteiger partial charge in [-0.25, -0.2) is 0 Å². The van der Waals surface area contributed by atoms with Gasteiger partial charge < -0.3 is 9.47 Å². The van der Waals surface area contributed by atoms with Gasteiger partial charge in [0.1, 0.15) is 6.61 Å². The van der Waals surface area contributed by atoms with Crippen molar-refractivity contribution >= 4 is 57.9 Å². The van der Waals surface area contributed by atoms with Crippen molar-refractivity contribution in [1.29, 1.82) is 0 Å². The summed E-state index contributed by atoms with van der Waals surface area (Å²) in [6.45, 7) is 0.219. The molecule has 0 radical (unpaired) electrons. The number of halogens is 2. The van der Waals surface area contributed by atoms with Crippen LogP contribution in [0.5, 0.6) is 11.5 Å². The smallest absolute Gasteiger partial charge is 0.293 e. The Hall–Kier alpha value is -3.53. The van der Waals surface area contributed by atoms with Crippen LogP contribution in [-0.4, -0.2) is 28.1 Å². The van der Waals surface area contributed by atoms with Crippen molar-refractivity contribution in [3.8, 4) is 11.5 Å². The molecular weight excluding hydrogens is 527 g/mol. The van der Waals surface area contributed by atoms with Crippen LogP contribution in [0.4, 0.5) is 10.5 Å². The number of carbonyl (C=O) groups excluding carboxylic acids is 2. The summed E-state index contributed by atoms with van der Waals surface area (Å²) in [7, 11) is 1.49. The number of amides is 2. The molecule has 1 heterocycles.